The molecule has 2 amide bonds. The first-order chi connectivity index (χ1) is 9.98. The van der Waals surface area contributed by atoms with Crippen LogP contribution >= 0.6 is 0 Å². The molecule has 7 nitrogen and oxygen atoms in total. The van der Waals surface area contributed by atoms with Gasteiger partial charge in [-0.3, -0.25) is 14.5 Å². The molecule has 21 heavy (non-hydrogen) atoms. The van der Waals surface area contributed by atoms with Crippen molar-refractivity contribution in [3.63, 3.8) is 0 Å². The van der Waals surface area contributed by atoms with E-state index in [0.29, 0.717) is 19.7 Å². The van der Waals surface area contributed by atoms with Crippen LogP contribution in [0.5, 0.6) is 0 Å². The van der Waals surface area contributed by atoms with Crippen LogP contribution in [0.2, 0.25) is 0 Å². The summed E-state index contributed by atoms with van der Waals surface area (Å²) in [4.78, 5) is 26.0. The molecule has 0 atom stereocenters. The Morgan fingerprint density at radius 3 is 2.48 bits per heavy atom. The second kappa shape index (κ2) is 8.96. The van der Waals surface area contributed by atoms with Gasteiger partial charge in [-0.1, -0.05) is 0 Å². The van der Waals surface area contributed by atoms with Crippen LogP contribution in [0.3, 0.4) is 0 Å². The van der Waals surface area contributed by atoms with Gasteiger partial charge in [0, 0.05) is 52.8 Å². The summed E-state index contributed by atoms with van der Waals surface area (Å²) < 4.78 is 4.85. The molecule has 0 aliphatic carbocycles. The van der Waals surface area contributed by atoms with Crippen LogP contribution in [0, 0.1) is 0 Å². The Kier molecular flexibility index (Phi) is 7.63. The topological polar surface area (TPSA) is 82.7 Å². The van der Waals surface area contributed by atoms with Crippen LogP contribution in [-0.4, -0.2) is 75.2 Å². The molecule has 1 fully saturated rings. The Balaban J connectivity index is 2.27. The monoisotopic (exact) mass is 300 g/mol. The van der Waals surface area contributed by atoms with Crippen LogP contribution in [0.15, 0.2) is 0 Å². The van der Waals surface area contributed by atoms with E-state index in [1.807, 2.05) is 13.8 Å². The maximum Gasteiger partial charge on any atom is 0.239 e. The van der Waals surface area contributed by atoms with Gasteiger partial charge in [-0.2, -0.15) is 0 Å². The summed E-state index contributed by atoms with van der Waals surface area (Å²) in [6.45, 7) is 8.71. The predicted octanol–water partition coefficient (Wildman–Crippen LogP) is -1.06. The highest BCUT2D eigenvalue weighted by Crippen LogP contribution is 2.15. The summed E-state index contributed by atoms with van der Waals surface area (Å²) in [5.74, 6) is -0.110. The standard InChI is InChI=1S/C14H28N4O3/c1-14(2,18-9-6-15-7-10-18)13(20)17-5-4-12(19)16-8-11-21-3/h15H,4-11H2,1-3H3,(H,16,19)(H,17,20). The van der Waals surface area contributed by atoms with Gasteiger partial charge in [0.15, 0.2) is 0 Å². The predicted molar refractivity (Wildman–Crippen MR) is 81.0 cm³/mol. The maximum atomic E-state index is 12.3. The van der Waals surface area contributed by atoms with E-state index >= 15 is 0 Å². The molecule has 0 radical (unpaired) electrons. The lowest BCUT2D eigenvalue weighted by atomic mass is 10.0. The third-order valence-corrected chi connectivity index (χ3v) is 3.73. The van der Waals surface area contributed by atoms with Crippen LogP contribution in [0.1, 0.15) is 20.3 Å². The van der Waals surface area contributed by atoms with Crippen LogP contribution in [0.25, 0.3) is 0 Å². The molecule has 0 saturated carbocycles. The Hall–Kier alpha value is -1.18. The van der Waals surface area contributed by atoms with Gasteiger partial charge in [0.05, 0.1) is 12.1 Å². The average molecular weight is 300 g/mol. The lowest BCUT2D eigenvalue weighted by Gasteiger charge is -2.39. The number of nitrogens with one attached hydrogen (secondary N) is 3. The molecule has 122 valence electrons. The Morgan fingerprint density at radius 1 is 1.19 bits per heavy atom. The van der Waals surface area contributed by atoms with E-state index in [2.05, 4.69) is 20.9 Å². The van der Waals surface area contributed by atoms with Crippen LogP contribution in [-0.2, 0) is 14.3 Å². The number of carbonyl (C=O) groups excluding carboxylic acids is 2. The molecular formula is C14H28N4O3. The number of piperazine rings is 1. The van der Waals surface area contributed by atoms with E-state index < -0.39 is 5.54 Å². The van der Waals surface area contributed by atoms with E-state index in [-0.39, 0.29) is 18.2 Å². The molecule has 1 heterocycles. The average Bonchev–Trinajstić information content (AvgIpc) is 2.48. The third kappa shape index (κ3) is 5.99. The van der Waals surface area contributed by atoms with E-state index in [4.69, 9.17) is 4.74 Å². The SMILES string of the molecule is COCCNC(=O)CCNC(=O)C(C)(C)N1CCNCC1. The molecule has 0 aromatic rings. The summed E-state index contributed by atoms with van der Waals surface area (Å²) in [5, 5.41) is 8.85. The fraction of sp³-hybridized carbons (Fsp3) is 0.857. The van der Waals surface area contributed by atoms with Crippen molar-refractivity contribution in [3.05, 3.63) is 0 Å². The third-order valence-electron chi connectivity index (χ3n) is 3.73. The largest absolute Gasteiger partial charge is 0.383 e. The van der Waals surface area contributed by atoms with Crippen molar-refractivity contribution >= 4 is 11.8 Å². The van der Waals surface area contributed by atoms with Crippen molar-refractivity contribution in [1.29, 1.82) is 0 Å². The van der Waals surface area contributed by atoms with E-state index in [1.54, 1.807) is 7.11 Å². The van der Waals surface area contributed by atoms with Crippen LogP contribution in [0.4, 0.5) is 0 Å². The quantitative estimate of drug-likeness (QED) is 0.498. The first-order valence-electron chi connectivity index (χ1n) is 7.48. The van der Waals surface area contributed by atoms with Crippen molar-refractivity contribution in [2.24, 2.45) is 0 Å². The normalized spacial score (nSPS) is 16.5. The molecule has 3 N–H and O–H groups in total. The highest BCUT2D eigenvalue weighted by Gasteiger charge is 2.34. The molecule has 0 unspecified atom stereocenters. The second-order valence-corrected chi connectivity index (χ2v) is 5.64. The highest BCUT2D eigenvalue weighted by atomic mass is 16.5. The molecule has 0 bridgehead atoms. The lowest BCUT2D eigenvalue weighted by molar-refractivity contribution is -0.132. The van der Waals surface area contributed by atoms with Crippen molar-refractivity contribution in [3.8, 4) is 0 Å². The number of hydrogen-bond donors (Lipinski definition) is 3. The Bertz CT molecular complexity index is 341. The van der Waals surface area contributed by atoms with Crippen LogP contribution < -0.4 is 16.0 Å². The van der Waals surface area contributed by atoms with Gasteiger partial charge in [-0.15, -0.1) is 0 Å². The zero-order valence-electron chi connectivity index (χ0n) is 13.3. The highest BCUT2D eigenvalue weighted by molar-refractivity contribution is 5.86. The molecule has 1 aliphatic rings. The first-order valence-corrected chi connectivity index (χ1v) is 7.48. The zero-order chi connectivity index (χ0) is 15.7. The number of rotatable bonds is 8. The molecule has 0 aromatic heterocycles. The van der Waals surface area contributed by atoms with Gasteiger partial charge in [0.2, 0.25) is 11.8 Å². The van der Waals surface area contributed by atoms with Gasteiger partial charge in [0.25, 0.3) is 0 Å². The summed E-state index contributed by atoms with van der Waals surface area (Å²) in [7, 11) is 1.59. The molecule has 0 aromatic carbocycles. The minimum absolute atomic E-state index is 0.0332. The summed E-state index contributed by atoms with van der Waals surface area (Å²) >= 11 is 0. The van der Waals surface area contributed by atoms with Crippen molar-refractivity contribution < 1.29 is 14.3 Å². The number of amides is 2. The summed E-state index contributed by atoms with van der Waals surface area (Å²) in [6, 6.07) is 0. The molecule has 1 saturated heterocycles. The van der Waals surface area contributed by atoms with E-state index in [0.717, 1.165) is 26.2 Å². The Morgan fingerprint density at radius 2 is 1.86 bits per heavy atom. The van der Waals surface area contributed by atoms with Crippen molar-refractivity contribution in [2.75, 3.05) is 53.0 Å². The van der Waals surface area contributed by atoms with Gasteiger partial charge in [0.1, 0.15) is 0 Å². The molecular weight excluding hydrogens is 272 g/mol. The second-order valence-electron chi connectivity index (χ2n) is 5.64. The number of hydrogen-bond acceptors (Lipinski definition) is 5. The van der Waals surface area contributed by atoms with Gasteiger partial charge >= 0.3 is 0 Å². The van der Waals surface area contributed by atoms with Gasteiger partial charge in [-0.25, -0.2) is 0 Å². The molecule has 7 heteroatoms. The minimum Gasteiger partial charge on any atom is -0.383 e. The van der Waals surface area contributed by atoms with Crippen molar-refractivity contribution in [1.82, 2.24) is 20.9 Å². The summed E-state index contributed by atoms with van der Waals surface area (Å²) in [5.41, 5.74) is -0.547. The number of nitrogens with zero attached hydrogens (tertiary/aromatic N) is 1. The molecule has 1 rings (SSSR count). The number of ether oxygens (including phenoxy) is 1. The maximum absolute atomic E-state index is 12.3. The van der Waals surface area contributed by atoms with Gasteiger partial charge in [-0.05, 0) is 13.8 Å². The number of carbonyl (C=O) groups is 2. The van der Waals surface area contributed by atoms with E-state index in [9.17, 15) is 9.59 Å². The Labute approximate surface area is 126 Å². The molecule has 1 aliphatic heterocycles. The van der Waals surface area contributed by atoms with E-state index in [1.165, 1.54) is 0 Å². The number of methoxy groups -OCH3 is 1. The lowest BCUT2D eigenvalue weighted by Crippen LogP contribution is -2.60. The summed E-state index contributed by atoms with van der Waals surface area (Å²) in [6.07, 6.45) is 0.285. The first kappa shape index (κ1) is 17.9. The molecule has 0 spiro atoms. The smallest absolute Gasteiger partial charge is 0.239 e. The van der Waals surface area contributed by atoms with Gasteiger partial charge < -0.3 is 20.7 Å². The minimum atomic E-state index is -0.547. The zero-order valence-corrected chi connectivity index (χ0v) is 13.3. The fourth-order valence-electron chi connectivity index (χ4n) is 2.25. The van der Waals surface area contributed by atoms with Crippen molar-refractivity contribution in [2.45, 2.75) is 25.8 Å². The fourth-order valence-corrected chi connectivity index (χ4v) is 2.25.